The summed E-state index contributed by atoms with van der Waals surface area (Å²) in [5, 5.41) is 14.8. The van der Waals surface area contributed by atoms with Gasteiger partial charge in [-0.3, -0.25) is 0 Å². The number of hydrogen-bond acceptors (Lipinski definition) is 6. The highest BCUT2D eigenvalue weighted by atomic mass is 16.5. The lowest BCUT2D eigenvalue weighted by Gasteiger charge is -2.06. The molecule has 0 atom stereocenters. The number of aliphatic hydroxyl groups is 1. The second-order valence-corrected chi connectivity index (χ2v) is 5.44. The average Bonchev–Trinajstić information content (AvgIpc) is 3.17. The van der Waals surface area contributed by atoms with Gasteiger partial charge in [0.1, 0.15) is 11.3 Å². The van der Waals surface area contributed by atoms with Crippen molar-refractivity contribution in [3.63, 3.8) is 0 Å². The summed E-state index contributed by atoms with van der Waals surface area (Å²) in [5.74, 6) is 1.54. The maximum absolute atomic E-state index is 9.54. The fourth-order valence-corrected chi connectivity index (χ4v) is 2.62. The summed E-state index contributed by atoms with van der Waals surface area (Å²) in [7, 11) is 1.59. The maximum atomic E-state index is 9.54. The number of anilines is 1. The van der Waals surface area contributed by atoms with E-state index < -0.39 is 0 Å². The fraction of sp³-hybridized carbons (Fsp3) is 0.357. The Balaban J connectivity index is 2.06. The Bertz CT molecular complexity index is 853. The van der Waals surface area contributed by atoms with Gasteiger partial charge in [0.15, 0.2) is 11.5 Å². The van der Waals surface area contributed by atoms with Crippen LogP contribution in [0.4, 0.5) is 5.95 Å². The number of ether oxygens (including phenoxy) is 1. The lowest BCUT2D eigenvalue weighted by molar-refractivity contribution is 0.250. The minimum atomic E-state index is -0.302. The van der Waals surface area contributed by atoms with Crippen LogP contribution in [0.2, 0.25) is 0 Å². The van der Waals surface area contributed by atoms with Crippen molar-refractivity contribution in [3.05, 3.63) is 24.0 Å². The van der Waals surface area contributed by atoms with E-state index in [-0.39, 0.29) is 18.0 Å². The minimum absolute atomic E-state index is 0.0540. The number of nitrogens with zero attached hydrogens (tertiary/aromatic N) is 4. The molecular formula is C14H15N5O2. The van der Waals surface area contributed by atoms with Crippen LogP contribution in [0.15, 0.2) is 18.2 Å². The molecule has 21 heavy (non-hydrogen) atoms. The third kappa shape index (κ3) is 1.61. The predicted molar refractivity (Wildman–Crippen MR) is 77.3 cm³/mol. The number of methoxy groups -OCH3 is 1. The number of benzene rings is 1. The van der Waals surface area contributed by atoms with Gasteiger partial charge in [-0.2, -0.15) is 4.52 Å². The fourth-order valence-electron chi connectivity index (χ4n) is 2.62. The van der Waals surface area contributed by atoms with Gasteiger partial charge >= 0.3 is 0 Å². The Kier molecular flexibility index (Phi) is 2.38. The van der Waals surface area contributed by atoms with Crippen LogP contribution in [0.25, 0.3) is 16.6 Å². The third-order valence-corrected chi connectivity index (χ3v) is 4.14. The number of nitrogen functional groups attached to an aromatic ring is 1. The van der Waals surface area contributed by atoms with Crippen LogP contribution in [-0.2, 0) is 5.41 Å². The Morgan fingerprint density at radius 2 is 2.19 bits per heavy atom. The minimum Gasteiger partial charge on any atom is -0.494 e. The zero-order valence-corrected chi connectivity index (χ0v) is 11.6. The van der Waals surface area contributed by atoms with E-state index in [0.717, 1.165) is 18.2 Å². The summed E-state index contributed by atoms with van der Waals surface area (Å²) in [4.78, 5) is 8.97. The first kappa shape index (κ1) is 12.3. The first-order valence-electron chi connectivity index (χ1n) is 6.79. The molecule has 0 amide bonds. The Morgan fingerprint density at radius 3 is 2.86 bits per heavy atom. The molecule has 0 aliphatic heterocycles. The highest BCUT2D eigenvalue weighted by molar-refractivity contribution is 5.95. The quantitative estimate of drug-likeness (QED) is 0.741. The molecule has 1 fully saturated rings. The number of para-hydroxylation sites is 1. The van der Waals surface area contributed by atoms with Gasteiger partial charge < -0.3 is 15.6 Å². The van der Waals surface area contributed by atoms with Crippen LogP contribution in [0.1, 0.15) is 18.7 Å². The van der Waals surface area contributed by atoms with Gasteiger partial charge in [0.2, 0.25) is 5.95 Å². The molecule has 2 heterocycles. The van der Waals surface area contributed by atoms with E-state index in [9.17, 15) is 5.11 Å². The van der Waals surface area contributed by atoms with Crippen molar-refractivity contribution in [2.75, 3.05) is 19.5 Å². The van der Waals surface area contributed by atoms with E-state index in [1.54, 1.807) is 7.11 Å². The maximum Gasteiger partial charge on any atom is 0.223 e. The lowest BCUT2D eigenvalue weighted by atomic mass is 10.1. The van der Waals surface area contributed by atoms with E-state index in [2.05, 4.69) is 15.1 Å². The van der Waals surface area contributed by atoms with Crippen LogP contribution >= 0.6 is 0 Å². The number of aromatic nitrogens is 4. The first-order valence-corrected chi connectivity index (χ1v) is 6.79. The van der Waals surface area contributed by atoms with E-state index in [1.165, 1.54) is 4.52 Å². The van der Waals surface area contributed by atoms with Crippen molar-refractivity contribution in [2.24, 2.45) is 0 Å². The third-order valence-electron chi connectivity index (χ3n) is 4.14. The second-order valence-electron chi connectivity index (χ2n) is 5.44. The summed E-state index contributed by atoms with van der Waals surface area (Å²) < 4.78 is 6.86. The Labute approximate surface area is 120 Å². The SMILES string of the molecule is COc1cccc2c1nc(N)n1nc(C3(CO)CC3)nc21. The highest BCUT2D eigenvalue weighted by Gasteiger charge is 2.47. The predicted octanol–water partition coefficient (Wildman–Crippen LogP) is 0.892. The Morgan fingerprint density at radius 1 is 1.38 bits per heavy atom. The summed E-state index contributed by atoms with van der Waals surface area (Å²) >= 11 is 0. The van der Waals surface area contributed by atoms with E-state index in [4.69, 9.17) is 10.5 Å². The molecule has 3 N–H and O–H groups in total. The molecule has 0 saturated heterocycles. The zero-order chi connectivity index (χ0) is 14.6. The summed E-state index contributed by atoms with van der Waals surface area (Å²) in [6.45, 7) is 0.0540. The van der Waals surface area contributed by atoms with Crippen LogP contribution in [0.3, 0.4) is 0 Å². The van der Waals surface area contributed by atoms with Gasteiger partial charge in [-0.05, 0) is 25.0 Å². The summed E-state index contributed by atoms with van der Waals surface area (Å²) in [6.07, 6.45) is 1.80. The largest absolute Gasteiger partial charge is 0.494 e. The lowest BCUT2D eigenvalue weighted by Crippen LogP contribution is -2.14. The van der Waals surface area contributed by atoms with Crippen molar-refractivity contribution >= 4 is 22.5 Å². The van der Waals surface area contributed by atoms with Gasteiger partial charge in [-0.25, -0.2) is 9.97 Å². The average molecular weight is 285 g/mol. The molecule has 108 valence electrons. The molecule has 1 saturated carbocycles. The van der Waals surface area contributed by atoms with Crippen molar-refractivity contribution in [3.8, 4) is 5.75 Å². The molecule has 7 heteroatoms. The molecular weight excluding hydrogens is 270 g/mol. The van der Waals surface area contributed by atoms with Crippen LogP contribution in [-0.4, -0.2) is 38.4 Å². The molecule has 0 radical (unpaired) electrons. The molecule has 0 bridgehead atoms. The second kappa shape index (κ2) is 4.05. The number of hydrogen-bond donors (Lipinski definition) is 2. The standard InChI is InChI=1S/C14H15N5O2/c1-21-9-4-2-3-8-10(9)16-13(15)19-11(8)17-12(18-19)14(7-20)5-6-14/h2-4,20H,5-7H2,1H3,(H2,15,16). The normalized spacial score (nSPS) is 16.5. The number of fused-ring (bicyclic) bond motifs is 3. The van der Waals surface area contributed by atoms with Crippen molar-refractivity contribution in [1.82, 2.24) is 19.6 Å². The molecule has 0 unspecified atom stereocenters. The van der Waals surface area contributed by atoms with Gasteiger partial charge in [0.25, 0.3) is 0 Å². The van der Waals surface area contributed by atoms with Crippen molar-refractivity contribution in [2.45, 2.75) is 18.3 Å². The summed E-state index contributed by atoms with van der Waals surface area (Å²) in [6, 6.07) is 5.63. The van der Waals surface area contributed by atoms with E-state index in [0.29, 0.717) is 22.7 Å². The van der Waals surface area contributed by atoms with E-state index >= 15 is 0 Å². The molecule has 7 nitrogen and oxygen atoms in total. The van der Waals surface area contributed by atoms with Gasteiger partial charge in [0, 0.05) is 5.39 Å². The monoisotopic (exact) mass is 285 g/mol. The molecule has 2 aromatic heterocycles. The smallest absolute Gasteiger partial charge is 0.223 e. The van der Waals surface area contributed by atoms with Crippen LogP contribution < -0.4 is 10.5 Å². The molecule has 1 aliphatic rings. The number of nitrogens with two attached hydrogens (primary N) is 1. The molecule has 1 aromatic carbocycles. The molecule has 3 aromatic rings. The highest BCUT2D eigenvalue weighted by Crippen LogP contribution is 2.46. The van der Waals surface area contributed by atoms with Crippen molar-refractivity contribution < 1.29 is 9.84 Å². The topological polar surface area (TPSA) is 98.6 Å². The van der Waals surface area contributed by atoms with Gasteiger partial charge in [0.05, 0.1) is 19.1 Å². The van der Waals surface area contributed by atoms with E-state index in [1.807, 2.05) is 18.2 Å². The zero-order valence-electron chi connectivity index (χ0n) is 11.6. The number of aliphatic hydroxyl groups excluding tert-OH is 1. The molecule has 0 spiro atoms. The molecule has 4 rings (SSSR count). The molecule has 1 aliphatic carbocycles. The van der Waals surface area contributed by atoms with Crippen LogP contribution in [0, 0.1) is 0 Å². The van der Waals surface area contributed by atoms with Gasteiger partial charge in [-0.15, -0.1) is 5.10 Å². The Hall–Kier alpha value is -2.41. The number of rotatable bonds is 3. The van der Waals surface area contributed by atoms with Gasteiger partial charge in [-0.1, -0.05) is 6.07 Å². The van der Waals surface area contributed by atoms with Crippen molar-refractivity contribution in [1.29, 1.82) is 0 Å². The summed E-state index contributed by atoms with van der Waals surface area (Å²) in [5.41, 5.74) is 7.00. The first-order chi connectivity index (χ1) is 10.2. The van der Waals surface area contributed by atoms with Crippen LogP contribution in [0.5, 0.6) is 5.75 Å².